The number of nitrogens with one attached hydrogen (secondary N) is 1. The molecular weight excluding hydrogens is 242 g/mol. The highest BCUT2D eigenvalue weighted by Crippen LogP contribution is 2.30. The average molecular weight is 264 g/mol. The predicted octanol–water partition coefficient (Wildman–Crippen LogP) is 4.16. The molecule has 103 valence electrons. The molecule has 0 aliphatic carbocycles. The molecule has 0 amide bonds. The van der Waals surface area contributed by atoms with Gasteiger partial charge < -0.3 is 5.32 Å². The van der Waals surface area contributed by atoms with Gasteiger partial charge in [-0.2, -0.15) is 0 Å². The standard InChI is InChI=1S/C19H22N/c1-3-9-16(10-4-1)19(17-11-5-2-6-12-17)15-18-13-7-8-14-20-18/h1-6,9-12,15,18-20H,7-8,13-14H2. The molecule has 2 aromatic carbocycles. The lowest BCUT2D eigenvalue weighted by Gasteiger charge is -2.28. The normalized spacial score (nSPS) is 19.1. The summed E-state index contributed by atoms with van der Waals surface area (Å²) in [5.74, 6) is 0.382. The Kier molecular flexibility index (Phi) is 4.49. The van der Waals surface area contributed by atoms with Crippen LogP contribution in [0.25, 0.3) is 0 Å². The number of hydrogen-bond donors (Lipinski definition) is 1. The van der Waals surface area contributed by atoms with Crippen LogP contribution in [0.3, 0.4) is 0 Å². The molecule has 20 heavy (non-hydrogen) atoms. The molecule has 2 aromatic rings. The second kappa shape index (κ2) is 6.71. The van der Waals surface area contributed by atoms with Crippen molar-refractivity contribution in [1.29, 1.82) is 0 Å². The van der Waals surface area contributed by atoms with E-state index < -0.39 is 0 Å². The van der Waals surface area contributed by atoms with Gasteiger partial charge in [-0.05, 0) is 36.9 Å². The van der Waals surface area contributed by atoms with Crippen molar-refractivity contribution in [1.82, 2.24) is 5.32 Å². The number of benzene rings is 2. The van der Waals surface area contributed by atoms with Crippen molar-refractivity contribution in [2.24, 2.45) is 0 Å². The second-order valence-corrected chi connectivity index (χ2v) is 5.55. The van der Waals surface area contributed by atoms with Gasteiger partial charge in [0.25, 0.3) is 0 Å². The third kappa shape index (κ3) is 3.29. The fourth-order valence-corrected chi connectivity index (χ4v) is 3.01. The molecule has 0 bridgehead atoms. The van der Waals surface area contributed by atoms with Crippen molar-refractivity contribution in [2.75, 3.05) is 6.54 Å². The Balaban J connectivity index is 1.83. The van der Waals surface area contributed by atoms with Crippen LogP contribution in [0.5, 0.6) is 0 Å². The zero-order valence-electron chi connectivity index (χ0n) is 11.8. The Bertz CT molecular complexity index is 460. The maximum absolute atomic E-state index is 3.63. The summed E-state index contributed by atoms with van der Waals surface area (Å²) in [5.41, 5.74) is 2.76. The first kappa shape index (κ1) is 13.4. The highest BCUT2D eigenvalue weighted by molar-refractivity contribution is 5.36. The number of piperidine rings is 1. The molecule has 1 nitrogen and oxygen atoms in total. The van der Waals surface area contributed by atoms with E-state index in [4.69, 9.17) is 0 Å². The molecule has 1 N–H and O–H groups in total. The van der Waals surface area contributed by atoms with E-state index in [2.05, 4.69) is 72.4 Å². The van der Waals surface area contributed by atoms with Crippen LogP contribution < -0.4 is 5.32 Å². The molecule has 0 saturated carbocycles. The van der Waals surface area contributed by atoms with E-state index in [-0.39, 0.29) is 0 Å². The molecule has 0 aromatic heterocycles. The molecule has 1 heterocycles. The third-order valence-corrected chi connectivity index (χ3v) is 4.09. The lowest BCUT2D eigenvalue weighted by molar-refractivity contribution is 0.426. The summed E-state index contributed by atoms with van der Waals surface area (Å²) in [6.07, 6.45) is 6.40. The van der Waals surface area contributed by atoms with Crippen molar-refractivity contribution in [3.8, 4) is 0 Å². The predicted molar refractivity (Wildman–Crippen MR) is 84.7 cm³/mol. The summed E-state index contributed by atoms with van der Waals surface area (Å²) < 4.78 is 0. The molecule has 1 radical (unpaired) electrons. The molecule has 1 fully saturated rings. The zero-order chi connectivity index (χ0) is 13.6. The topological polar surface area (TPSA) is 12.0 Å². The van der Waals surface area contributed by atoms with Gasteiger partial charge in [-0.1, -0.05) is 67.1 Å². The summed E-state index contributed by atoms with van der Waals surface area (Å²) in [6, 6.07) is 22.2. The smallest absolute Gasteiger partial charge is 0.0136 e. The van der Waals surface area contributed by atoms with E-state index in [0.717, 1.165) is 6.54 Å². The van der Waals surface area contributed by atoms with Gasteiger partial charge in [0.1, 0.15) is 0 Å². The first-order chi connectivity index (χ1) is 9.93. The van der Waals surface area contributed by atoms with Crippen molar-refractivity contribution in [3.05, 3.63) is 78.2 Å². The van der Waals surface area contributed by atoms with E-state index >= 15 is 0 Å². The Morgan fingerprint density at radius 3 is 1.95 bits per heavy atom. The van der Waals surface area contributed by atoms with Crippen molar-refractivity contribution < 1.29 is 0 Å². The molecule has 1 saturated heterocycles. The van der Waals surface area contributed by atoms with Crippen molar-refractivity contribution >= 4 is 0 Å². The Hall–Kier alpha value is -1.60. The first-order valence-electron chi connectivity index (χ1n) is 7.62. The maximum Gasteiger partial charge on any atom is 0.0136 e. The van der Waals surface area contributed by atoms with Gasteiger partial charge in [-0.25, -0.2) is 0 Å². The van der Waals surface area contributed by atoms with Crippen molar-refractivity contribution in [3.63, 3.8) is 0 Å². The van der Waals surface area contributed by atoms with Gasteiger partial charge in [-0.3, -0.25) is 0 Å². The maximum atomic E-state index is 3.63. The first-order valence-corrected chi connectivity index (χ1v) is 7.62. The molecule has 1 aliphatic rings. The summed E-state index contributed by atoms with van der Waals surface area (Å²) >= 11 is 0. The van der Waals surface area contributed by atoms with E-state index in [1.165, 1.54) is 30.4 Å². The van der Waals surface area contributed by atoms with Crippen LogP contribution >= 0.6 is 0 Å². The van der Waals surface area contributed by atoms with Crippen LogP contribution in [0.4, 0.5) is 0 Å². The molecule has 3 rings (SSSR count). The second-order valence-electron chi connectivity index (χ2n) is 5.55. The van der Waals surface area contributed by atoms with E-state index in [1.807, 2.05) is 0 Å². The minimum Gasteiger partial charge on any atom is -0.314 e. The van der Waals surface area contributed by atoms with Gasteiger partial charge in [0.05, 0.1) is 0 Å². The SMILES string of the molecule is [CH](C1CCCCN1)C(c1ccccc1)c1ccccc1. The highest BCUT2D eigenvalue weighted by Gasteiger charge is 2.21. The minimum absolute atomic E-state index is 0.382. The molecule has 1 atom stereocenters. The molecular formula is C19H22N. The van der Waals surface area contributed by atoms with E-state index in [1.54, 1.807) is 0 Å². The van der Waals surface area contributed by atoms with Gasteiger partial charge in [-0.15, -0.1) is 0 Å². The van der Waals surface area contributed by atoms with Gasteiger partial charge in [0, 0.05) is 12.0 Å². The Morgan fingerprint density at radius 1 is 0.850 bits per heavy atom. The Labute approximate surface area is 122 Å². The van der Waals surface area contributed by atoms with Crippen LogP contribution in [0.2, 0.25) is 0 Å². The van der Waals surface area contributed by atoms with Crippen LogP contribution in [0.15, 0.2) is 60.7 Å². The molecule has 1 aliphatic heterocycles. The summed E-state index contributed by atoms with van der Waals surface area (Å²) in [6.45, 7) is 1.15. The summed E-state index contributed by atoms with van der Waals surface area (Å²) in [5, 5.41) is 3.63. The van der Waals surface area contributed by atoms with Gasteiger partial charge >= 0.3 is 0 Å². The van der Waals surface area contributed by atoms with E-state index in [0.29, 0.717) is 12.0 Å². The fourth-order valence-electron chi connectivity index (χ4n) is 3.01. The van der Waals surface area contributed by atoms with Gasteiger partial charge in [0.15, 0.2) is 0 Å². The van der Waals surface area contributed by atoms with Crippen LogP contribution in [-0.2, 0) is 0 Å². The monoisotopic (exact) mass is 264 g/mol. The Morgan fingerprint density at radius 2 is 1.45 bits per heavy atom. The number of rotatable bonds is 4. The lowest BCUT2D eigenvalue weighted by Crippen LogP contribution is -2.35. The van der Waals surface area contributed by atoms with Crippen molar-refractivity contribution in [2.45, 2.75) is 31.2 Å². The highest BCUT2D eigenvalue weighted by atomic mass is 14.9. The molecule has 0 spiro atoms. The van der Waals surface area contributed by atoms with E-state index in [9.17, 15) is 0 Å². The van der Waals surface area contributed by atoms with Gasteiger partial charge in [0.2, 0.25) is 0 Å². The zero-order valence-corrected chi connectivity index (χ0v) is 11.8. The largest absolute Gasteiger partial charge is 0.314 e. The average Bonchev–Trinajstić information content (AvgIpc) is 2.55. The summed E-state index contributed by atoms with van der Waals surface area (Å²) in [7, 11) is 0. The number of hydrogen-bond acceptors (Lipinski definition) is 1. The quantitative estimate of drug-likeness (QED) is 0.874. The van der Waals surface area contributed by atoms with Crippen LogP contribution in [0, 0.1) is 6.42 Å². The fraction of sp³-hybridized carbons (Fsp3) is 0.316. The molecule has 1 heteroatoms. The van der Waals surface area contributed by atoms with Crippen LogP contribution in [0.1, 0.15) is 36.3 Å². The summed E-state index contributed by atoms with van der Waals surface area (Å²) in [4.78, 5) is 0. The van der Waals surface area contributed by atoms with Crippen LogP contribution in [-0.4, -0.2) is 12.6 Å². The minimum atomic E-state index is 0.382. The lowest BCUT2D eigenvalue weighted by atomic mass is 9.84. The molecule has 1 unspecified atom stereocenters. The third-order valence-electron chi connectivity index (χ3n) is 4.09.